The van der Waals surface area contributed by atoms with Crippen molar-refractivity contribution in [3.05, 3.63) is 28.8 Å². The summed E-state index contributed by atoms with van der Waals surface area (Å²) in [7, 11) is 0. The molecule has 0 saturated carbocycles. The summed E-state index contributed by atoms with van der Waals surface area (Å²) in [6.45, 7) is 6.41. The van der Waals surface area contributed by atoms with E-state index in [4.69, 9.17) is 0 Å². The molecule has 0 aliphatic rings. The van der Waals surface area contributed by atoms with Gasteiger partial charge >= 0.3 is 0 Å². The first-order chi connectivity index (χ1) is 5.70. The fraction of sp³-hybridized carbons (Fsp3) is 0.500. The molecule has 0 N–H and O–H groups in total. The second-order valence-corrected chi connectivity index (χ2v) is 2.40. The van der Waals surface area contributed by atoms with E-state index < -0.39 is 0 Å². The van der Waals surface area contributed by atoms with Gasteiger partial charge in [0.1, 0.15) is 0 Å². The van der Waals surface area contributed by atoms with Gasteiger partial charge in [-0.15, -0.1) is 23.2 Å². The summed E-state index contributed by atoms with van der Waals surface area (Å²) in [4.78, 5) is 0. The van der Waals surface area contributed by atoms with E-state index in [1.165, 1.54) is 29.5 Å². The Morgan fingerprint density at radius 1 is 1.08 bits per heavy atom. The standard InChI is InChI=1S/C8H11.2CH3Cl.Ti/c1-6-4-7(2)8(3)5-6;2*1-2;/h4-5H,1-3H3;2*1H3;/q-1;;;. The van der Waals surface area contributed by atoms with E-state index in [0.717, 1.165) is 0 Å². The monoisotopic (exact) mass is 255 g/mol. The molecular weight excluding hydrogens is 239 g/mol. The molecule has 0 spiro atoms. The summed E-state index contributed by atoms with van der Waals surface area (Å²) in [5.74, 6) is 0. The van der Waals surface area contributed by atoms with Crippen LogP contribution >= 0.6 is 23.2 Å². The van der Waals surface area contributed by atoms with Crippen LogP contribution in [-0.2, 0) is 21.7 Å². The van der Waals surface area contributed by atoms with Gasteiger partial charge in [0, 0.05) is 34.5 Å². The average molecular weight is 256 g/mol. The summed E-state index contributed by atoms with van der Waals surface area (Å²) in [5, 5.41) is 0. The second-order valence-electron chi connectivity index (χ2n) is 2.40. The third-order valence-electron chi connectivity index (χ3n) is 1.51. The Bertz CT molecular complexity index is 175. The van der Waals surface area contributed by atoms with Gasteiger partial charge in [-0.3, -0.25) is 0 Å². The van der Waals surface area contributed by atoms with Crippen molar-refractivity contribution in [2.45, 2.75) is 20.8 Å². The van der Waals surface area contributed by atoms with E-state index in [1.54, 1.807) is 0 Å². The molecule has 0 aromatic heterocycles. The number of alkyl halides is 2. The molecule has 0 atom stereocenters. The Labute approximate surface area is 107 Å². The average Bonchev–Trinajstić information content (AvgIpc) is 2.37. The van der Waals surface area contributed by atoms with Gasteiger partial charge in [-0.25, -0.2) is 11.6 Å². The zero-order valence-corrected chi connectivity index (χ0v) is 12.0. The number of hydrogen-bond donors (Lipinski definition) is 0. The Hall–Kier alpha value is 0.644. The first kappa shape index (κ1) is 19.3. The van der Waals surface area contributed by atoms with Crippen molar-refractivity contribution >= 4 is 23.2 Å². The molecule has 1 aromatic rings. The molecule has 76 valence electrons. The molecule has 3 heteroatoms. The number of halogens is 2. The van der Waals surface area contributed by atoms with Crippen molar-refractivity contribution < 1.29 is 21.7 Å². The van der Waals surface area contributed by atoms with Gasteiger partial charge in [0.15, 0.2) is 0 Å². The maximum Gasteiger partial charge on any atom is 0.0108 e. The Morgan fingerprint density at radius 3 is 1.54 bits per heavy atom. The first-order valence-electron chi connectivity index (χ1n) is 3.66. The maximum atomic E-state index is 4.64. The molecule has 0 bridgehead atoms. The third kappa shape index (κ3) is 8.96. The van der Waals surface area contributed by atoms with E-state index in [0.29, 0.717) is 0 Å². The minimum atomic E-state index is 0. The van der Waals surface area contributed by atoms with Crippen molar-refractivity contribution in [3.8, 4) is 0 Å². The topological polar surface area (TPSA) is 0 Å². The Morgan fingerprint density at radius 2 is 1.46 bits per heavy atom. The van der Waals surface area contributed by atoms with Crippen LogP contribution < -0.4 is 0 Å². The van der Waals surface area contributed by atoms with E-state index in [2.05, 4.69) is 56.1 Å². The van der Waals surface area contributed by atoms with Gasteiger partial charge in [0.05, 0.1) is 0 Å². The minimum absolute atomic E-state index is 0. The van der Waals surface area contributed by atoms with Gasteiger partial charge in [0.25, 0.3) is 0 Å². The smallest absolute Gasteiger partial charge is 0.0108 e. The van der Waals surface area contributed by atoms with Crippen molar-refractivity contribution in [2.24, 2.45) is 0 Å². The number of aryl methyl sites for hydroxylation is 3. The molecule has 13 heavy (non-hydrogen) atoms. The number of rotatable bonds is 0. The van der Waals surface area contributed by atoms with Crippen LogP contribution in [-0.4, -0.2) is 12.8 Å². The molecule has 0 radical (unpaired) electrons. The number of hydrogen-bond acceptors (Lipinski definition) is 0. The molecule has 1 rings (SSSR count). The largest absolute Gasteiger partial charge is 0.208 e. The molecule has 0 aliphatic carbocycles. The predicted octanol–water partition coefficient (Wildman–Crippen LogP) is 4.04. The second kappa shape index (κ2) is 12.6. The summed E-state index contributed by atoms with van der Waals surface area (Å²) in [6, 6.07) is 4.41. The van der Waals surface area contributed by atoms with E-state index in [9.17, 15) is 0 Å². The maximum absolute atomic E-state index is 4.64. The van der Waals surface area contributed by atoms with Gasteiger partial charge in [-0.05, 0) is 0 Å². The van der Waals surface area contributed by atoms with Crippen LogP contribution in [0.5, 0.6) is 0 Å². The quantitative estimate of drug-likeness (QED) is 0.373. The minimum Gasteiger partial charge on any atom is -0.208 e. The molecule has 0 fully saturated rings. The van der Waals surface area contributed by atoms with Gasteiger partial charge in [-0.1, -0.05) is 20.8 Å². The molecule has 0 saturated heterocycles. The van der Waals surface area contributed by atoms with Crippen molar-refractivity contribution in [1.82, 2.24) is 0 Å². The molecule has 0 aliphatic heterocycles. The fourth-order valence-electron chi connectivity index (χ4n) is 0.952. The van der Waals surface area contributed by atoms with Crippen LogP contribution in [0.3, 0.4) is 0 Å². The van der Waals surface area contributed by atoms with E-state index in [1.807, 2.05) is 0 Å². The normalized spacial score (nSPS) is 7.00. The summed E-state index contributed by atoms with van der Waals surface area (Å²) in [6.07, 6.45) is 2.94. The van der Waals surface area contributed by atoms with Crippen LogP contribution in [0.25, 0.3) is 0 Å². The van der Waals surface area contributed by atoms with Crippen LogP contribution in [0.1, 0.15) is 16.7 Å². The van der Waals surface area contributed by atoms with Gasteiger partial charge in [0.2, 0.25) is 0 Å². The first-order valence-corrected chi connectivity index (χ1v) is 5.17. The van der Waals surface area contributed by atoms with E-state index in [-0.39, 0.29) is 21.7 Å². The zero-order valence-electron chi connectivity index (χ0n) is 8.91. The Balaban J connectivity index is -0.000000178. The van der Waals surface area contributed by atoms with Gasteiger partial charge < -0.3 is 0 Å². The summed E-state index contributed by atoms with van der Waals surface area (Å²) >= 11 is 9.28. The fourth-order valence-corrected chi connectivity index (χ4v) is 0.952. The molecule has 0 amide bonds. The van der Waals surface area contributed by atoms with Crippen LogP contribution in [0, 0.1) is 20.8 Å². The van der Waals surface area contributed by atoms with Crippen LogP contribution in [0.2, 0.25) is 0 Å². The van der Waals surface area contributed by atoms with Crippen molar-refractivity contribution in [1.29, 1.82) is 0 Å². The third-order valence-corrected chi connectivity index (χ3v) is 1.51. The van der Waals surface area contributed by atoms with E-state index >= 15 is 0 Å². The SMILES string of the molecule is CCl.CCl.Cc1cc(C)[c-](C)c1.[Ti]. The molecule has 0 nitrogen and oxygen atoms in total. The molecule has 0 heterocycles. The Kier molecular flexibility index (Phi) is 18.7. The summed E-state index contributed by atoms with van der Waals surface area (Å²) in [5.41, 5.74) is 4.19. The van der Waals surface area contributed by atoms with Gasteiger partial charge in [-0.2, -0.15) is 17.2 Å². The molecular formula is C10H17Cl2Ti-. The van der Waals surface area contributed by atoms with Crippen molar-refractivity contribution in [3.63, 3.8) is 0 Å². The van der Waals surface area contributed by atoms with Crippen LogP contribution in [0.15, 0.2) is 12.1 Å². The van der Waals surface area contributed by atoms with Crippen molar-refractivity contribution in [2.75, 3.05) is 12.8 Å². The zero-order chi connectivity index (χ0) is 10.1. The summed E-state index contributed by atoms with van der Waals surface area (Å²) < 4.78 is 0. The molecule has 0 unspecified atom stereocenters. The predicted molar refractivity (Wildman–Crippen MR) is 59.8 cm³/mol. The van der Waals surface area contributed by atoms with Crippen LogP contribution in [0.4, 0.5) is 0 Å². The molecule has 1 aromatic carbocycles.